The van der Waals surface area contributed by atoms with Gasteiger partial charge in [-0.15, -0.1) is 0 Å². The Hall–Kier alpha value is -4.47. The normalized spacial score (nSPS) is 14.1. The quantitative estimate of drug-likeness (QED) is 0.266. The maximum absolute atomic E-state index is 11.3. The van der Waals surface area contributed by atoms with E-state index >= 15 is 0 Å². The SMILES string of the molecule is Nc1nccc2ccc(-c3ccc4c(c3)c(COc3ccccc3CC(=O)O)nn4C3CN(CCO)C3)cc12. The lowest BCUT2D eigenvalue weighted by Crippen LogP contribution is -2.48. The van der Waals surface area contributed by atoms with Crippen molar-refractivity contribution < 1.29 is 19.7 Å². The van der Waals surface area contributed by atoms with Crippen LogP contribution in [0.25, 0.3) is 32.8 Å². The zero-order chi connectivity index (χ0) is 26.9. The maximum atomic E-state index is 11.3. The molecule has 3 heterocycles. The average molecular weight is 524 g/mol. The first-order valence-corrected chi connectivity index (χ1v) is 12.9. The van der Waals surface area contributed by atoms with Crippen molar-refractivity contribution in [1.29, 1.82) is 0 Å². The van der Waals surface area contributed by atoms with Crippen LogP contribution in [0.15, 0.2) is 72.9 Å². The number of nitrogens with two attached hydrogens (primary N) is 1. The molecule has 0 aliphatic carbocycles. The second-order valence-corrected chi connectivity index (χ2v) is 9.86. The molecule has 5 aromatic rings. The van der Waals surface area contributed by atoms with Gasteiger partial charge in [-0.2, -0.15) is 5.10 Å². The Morgan fingerprint density at radius 3 is 2.59 bits per heavy atom. The first kappa shape index (κ1) is 24.8. The van der Waals surface area contributed by atoms with Gasteiger partial charge in [0, 0.05) is 42.2 Å². The number of nitrogen functional groups attached to an aromatic ring is 1. The van der Waals surface area contributed by atoms with Gasteiger partial charge >= 0.3 is 5.97 Å². The third kappa shape index (κ3) is 4.89. The summed E-state index contributed by atoms with van der Waals surface area (Å²) in [5.74, 6) is 0.123. The predicted molar refractivity (Wildman–Crippen MR) is 150 cm³/mol. The second-order valence-electron chi connectivity index (χ2n) is 9.86. The van der Waals surface area contributed by atoms with E-state index in [1.807, 2.05) is 24.3 Å². The minimum Gasteiger partial charge on any atom is -0.487 e. The van der Waals surface area contributed by atoms with Crippen molar-refractivity contribution in [2.75, 3.05) is 32.0 Å². The van der Waals surface area contributed by atoms with Gasteiger partial charge in [0.25, 0.3) is 0 Å². The molecule has 9 heteroatoms. The van der Waals surface area contributed by atoms with E-state index in [4.69, 9.17) is 15.6 Å². The van der Waals surface area contributed by atoms with Crippen LogP contribution >= 0.6 is 0 Å². The number of aliphatic hydroxyl groups excluding tert-OH is 1. The third-order valence-electron chi connectivity index (χ3n) is 7.29. The van der Waals surface area contributed by atoms with Crippen LogP contribution in [0, 0.1) is 0 Å². The fraction of sp³-hybridized carbons (Fsp3) is 0.233. The number of aliphatic carboxylic acids is 1. The fourth-order valence-electron chi connectivity index (χ4n) is 5.26. The number of carbonyl (C=O) groups is 1. The molecule has 198 valence electrons. The van der Waals surface area contributed by atoms with E-state index in [-0.39, 0.29) is 25.7 Å². The number of nitrogens with zero attached hydrogens (tertiary/aromatic N) is 4. The van der Waals surface area contributed by atoms with Crippen LogP contribution in [0.3, 0.4) is 0 Å². The van der Waals surface area contributed by atoms with E-state index in [1.54, 1.807) is 18.3 Å². The number of carboxylic acid groups (broad SMARTS) is 1. The predicted octanol–water partition coefficient (Wildman–Crippen LogP) is 3.89. The number of aromatic nitrogens is 3. The Balaban J connectivity index is 1.37. The summed E-state index contributed by atoms with van der Waals surface area (Å²) in [6.07, 6.45) is 1.60. The van der Waals surface area contributed by atoms with Crippen LogP contribution in [0.1, 0.15) is 17.3 Å². The number of aliphatic hydroxyl groups is 1. The number of pyridine rings is 1. The number of β-amino-alcohol motifs (C(OH)–C–C–N with tert-alkyl or cyclic N) is 1. The Bertz CT molecular complexity index is 1680. The summed E-state index contributed by atoms with van der Waals surface area (Å²) >= 11 is 0. The first-order chi connectivity index (χ1) is 19.0. The van der Waals surface area contributed by atoms with Gasteiger partial charge < -0.3 is 20.7 Å². The minimum atomic E-state index is -0.908. The summed E-state index contributed by atoms with van der Waals surface area (Å²) in [6.45, 7) is 2.62. The van der Waals surface area contributed by atoms with E-state index in [9.17, 15) is 15.0 Å². The molecule has 0 saturated carbocycles. The number of hydrogen-bond acceptors (Lipinski definition) is 7. The monoisotopic (exact) mass is 523 g/mol. The highest BCUT2D eigenvalue weighted by Crippen LogP contribution is 2.33. The van der Waals surface area contributed by atoms with E-state index in [1.165, 1.54) is 0 Å². The van der Waals surface area contributed by atoms with Crippen LogP contribution in [0.2, 0.25) is 0 Å². The zero-order valence-electron chi connectivity index (χ0n) is 21.3. The average Bonchev–Trinajstić information content (AvgIpc) is 3.27. The molecule has 0 spiro atoms. The summed E-state index contributed by atoms with van der Waals surface area (Å²) in [5.41, 5.74) is 10.6. The lowest BCUT2D eigenvalue weighted by molar-refractivity contribution is -0.136. The van der Waals surface area contributed by atoms with E-state index in [2.05, 4.69) is 44.9 Å². The summed E-state index contributed by atoms with van der Waals surface area (Å²) in [7, 11) is 0. The van der Waals surface area contributed by atoms with Gasteiger partial charge in [0.2, 0.25) is 0 Å². The Labute approximate surface area is 225 Å². The second kappa shape index (κ2) is 10.4. The topological polar surface area (TPSA) is 127 Å². The van der Waals surface area contributed by atoms with Crippen molar-refractivity contribution >= 4 is 33.5 Å². The van der Waals surface area contributed by atoms with Gasteiger partial charge in [0.1, 0.15) is 23.9 Å². The van der Waals surface area contributed by atoms with Gasteiger partial charge in [-0.1, -0.05) is 36.4 Å². The highest BCUT2D eigenvalue weighted by Gasteiger charge is 2.30. The summed E-state index contributed by atoms with van der Waals surface area (Å²) in [4.78, 5) is 17.8. The molecule has 1 saturated heterocycles. The summed E-state index contributed by atoms with van der Waals surface area (Å²) in [6, 6.07) is 21.8. The van der Waals surface area contributed by atoms with E-state index < -0.39 is 5.97 Å². The number of fused-ring (bicyclic) bond motifs is 2. The molecule has 4 N–H and O–H groups in total. The number of ether oxygens (including phenoxy) is 1. The fourth-order valence-corrected chi connectivity index (χ4v) is 5.26. The number of benzene rings is 3. The molecule has 0 bridgehead atoms. The highest BCUT2D eigenvalue weighted by atomic mass is 16.5. The van der Waals surface area contributed by atoms with Gasteiger partial charge in [-0.3, -0.25) is 14.4 Å². The Morgan fingerprint density at radius 2 is 1.79 bits per heavy atom. The number of rotatable bonds is 9. The van der Waals surface area contributed by atoms with E-state index in [0.717, 1.165) is 51.6 Å². The molecule has 0 atom stereocenters. The molecular formula is C30H29N5O4. The van der Waals surface area contributed by atoms with Gasteiger partial charge in [-0.25, -0.2) is 4.98 Å². The molecule has 0 unspecified atom stereocenters. The summed E-state index contributed by atoms with van der Waals surface area (Å²) in [5, 5.41) is 26.5. The Morgan fingerprint density at radius 1 is 1.03 bits per heavy atom. The van der Waals surface area contributed by atoms with Crippen LogP contribution in [-0.2, 0) is 17.8 Å². The van der Waals surface area contributed by atoms with Gasteiger partial charge in [0.15, 0.2) is 0 Å². The number of para-hydroxylation sites is 1. The number of hydrogen-bond donors (Lipinski definition) is 3. The lowest BCUT2D eigenvalue weighted by atomic mass is 10.00. The molecule has 1 aliphatic rings. The zero-order valence-corrected chi connectivity index (χ0v) is 21.3. The van der Waals surface area contributed by atoms with Gasteiger partial charge in [-0.05, 0) is 46.8 Å². The molecule has 1 aliphatic heterocycles. The van der Waals surface area contributed by atoms with Crippen LogP contribution in [0.4, 0.5) is 5.82 Å². The molecule has 6 rings (SSSR count). The Kier molecular flexibility index (Phi) is 6.60. The molecule has 0 radical (unpaired) electrons. The molecule has 0 amide bonds. The van der Waals surface area contributed by atoms with Crippen molar-refractivity contribution in [2.24, 2.45) is 0 Å². The standard InChI is InChI=1S/C30H29N5O4/c31-30-24-13-20(6-5-19(24)9-10-32-30)21-7-8-27-25(14-21)26(33-35(27)23-16-34(17-23)11-12-36)18-39-28-4-2-1-3-22(28)15-29(37)38/h1-10,13-14,23,36H,11-12,15-18H2,(H2,31,32)(H,37,38). The van der Waals surface area contributed by atoms with Crippen molar-refractivity contribution in [3.8, 4) is 16.9 Å². The lowest BCUT2D eigenvalue weighted by Gasteiger charge is -2.39. The van der Waals surface area contributed by atoms with Crippen molar-refractivity contribution in [3.05, 3.63) is 84.2 Å². The van der Waals surface area contributed by atoms with Crippen molar-refractivity contribution in [1.82, 2.24) is 19.7 Å². The van der Waals surface area contributed by atoms with Crippen molar-refractivity contribution in [3.63, 3.8) is 0 Å². The van der Waals surface area contributed by atoms with Crippen LogP contribution in [0.5, 0.6) is 5.75 Å². The number of carboxylic acids is 1. The number of anilines is 1. The molecule has 9 nitrogen and oxygen atoms in total. The molecule has 3 aromatic carbocycles. The first-order valence-electron chi connectivity index (χ1n) is 12.9. The number of likely N-dealkylation sites (tertiary alicyclic amines) is 1. The van der Waals surface area contributed by atoms with Crippen LogP contribution in [-0.4, -0.2) is 62.1 Å². The highest BCUT2D eigenvalue weighted by molar-refractivity contribution is 5.95. The minimum absolute atomic E-state index is 0.113. The maximum Gasteiger partial charge on any atom is 0.307 e. The third-order valence-corrected chi connectivity index (χ3v) is 7.29. The largest absolute Gasteiger partial charge is 0.487 e. The molecule has 39 heavy (non-hydrogen) atoms. The van der Waals surface area contributed by atoms with E-state index in [0.29, 0.717) is 23.7 Å². The molecule has 1 fully saturated rings. The van der Waals surface area contributed by atoms with Crippen LogP contribution < -0.4 is 10.5 Å². The molecular weight excluding hydrogens is 494 g/mol. The van der Waals surface area contributed by atoms with Gasteiger partial charge in [0.05, 0.1) is 24.6 Å². The molecule has 2 aromatic heterocycles. The smallest absolute Gasteiger partial charge is 0.307 e. The summed E-state index contributed by atoms with van der Waals surface area (Å²) < 4.78 is 8.20. The van der Waals surface area contributed by atoms with Crippen molar-refractivity contribution in [2.45, 2.75) is 19.1 Å².